The van der Waals surface area contributed by atoms with Gasteiger partial charge in [0.1, 0.15) is 6.29 Å². The van der Waals surface area contributed by atoms with Crippen LogP contribution < -0.4 is 5.73 Å². The van der Waals surface area contributed by atoms with Gasteiger partial charge in [0.25, 0.3) is 0 Å². The van der Waals surface area contributed by atoms with E-state index in [-0.39, 0.29) is 30.5 Å². The average Bonchev–Trinajstić information content (AvgIpc) is 2.15. The topological polar surface area (TPSA) is 63.4 Å². The zero-order valence-corrected chi connectivity index (χ0v) is 10.1. The second kappa shape index (κ2) is 6.56. The molecule has 2 N–H and O–H groups in total. The summed E-state index contributed by atoms with van der Waals surface area (Å²) in [6.45, 7) is 7.89. The monoisotopic (exact) mass is 214 g/mol. The number of amides is 1. The van der Waals surface area contributed by atoms with Gasteiger partial charge in [-0.2, -0.15) is 0 Å². The van der Waals surface area contributed by atoms with Gasteiger partial charge < -0.3 is 15.4 Å². The molecule has 0 saturated carbocycles. The summed E-state index contributed by atoms with van der Waals surface area (Å²) in [6.07, 6.45) is 1.24. The predicted molar refractivity (Wildman–Crippen MR) is 60.3 cm³/mol. The van der Waals surface area contributed by atoms with Crippen molar-refractivity contribution in [2.75, 3.05) is 6.54 Å². The molecule has 0 spiro atoms. The molecule has 4 heteroatoms. The van der Waals surface area contributed by atoms with Gasteiger partial charge in [0.2, 0.25) is 5.91 Å². The summed E-state index contributed by atoms with van der Waals surface area (Å²) in [5, 5.41) is 0. The van der Waals surface area contributed by atoms with Crippen LogP contribution in [0.1, 0.15) is 34.1 Å². The molecule has 88 valence electrons. The lowest BCUT2D eigenvalue weighted by Gasteiger charge is -2.36. The Morgan fingerprint density at radius 3 is 2.13 bits per heavy atom. The third-order valence-corrected chi connectivity index (χ3v) is 2.48. The Bertz CT molecular complexity index is 215. The van der Waals surface area contributed by atoms with Gasteiger partial charge in [-0.3, -0.25) is 4.79 Å². The summed E-state index contributed by atoms with van der Waals surface area (Å²) in [7, 11) is 0. The van der Waals surface area contributed by atoms with Crippen LogP contribution in [0.5, 0.6) is 0 Å². The fourth-order valence-electron chi connectivity index (χ4n) is 1.77. The Morgan fingerprint density at radius 1 is 1.33 bits per heavy atom. The average molecular weight is 214 g/mol. The quantitative estimate of drug-likeness (QED) is 0.665. The highest BCUT2D eigenvalue weighted by Gasteiger charge is 2.27. The van der Waals surface area contributed by atoms with Gasteiger partial charge in [0, 0.05) is 18.5 Å². The number of hydrogen-bond donors (Lipinski definition) is 1. The van der Waals surface area contributed by atoms with Crippen LogP contribution in [0.2, 0.25) is 0 Å². The minimum atomic E-state index is -0.0921. The predicted octanol–water partition coefficient (Wildman–Crippen LogP) is 0.796. The van der Waals surface area contributed by atoms with Crippen molar-refractivity contribution in [3.63, 3.8) is 0 Å². The van der Waals surface area contributed by atoms with Crippen LogP contribution in [-0.4, -0.2) is 35.7 Å². The Morgan fingerprint density at radius 2 is 1.87 bits per heavy atom. The summed E-state index contributed by atoms with van der Waals surface area (Å²) < 4.78 is 0. The number of aldehydes is 1. The van der Waals surface area contributed by atoms with E-state index in [0.717, 1.165) is 6.29 Å². The van der Waals surface area contributed by atoms with E-state index in [2.05, 4.69) is 0 Å². The Hall–Kier alpha value is -0.900. The number of rotatable bonds is 6. The maximum atomic E-state index is 11.7. The van der Waals surface area contributed by atoms with Crippen LogP contribution in [0.25, 0.3) is 0 Å². The van der Waals surface area contributed by atoms with Gasteiger partial charge in [-0.05, 0) is 19.8 Å². The molecule has 0 aliphatic heterocycles. The van der Waals surface area contributed by atoms with Crippen molar-refractivity contribution < 1.29 is 9.59 Å². The lowest BCUT2D eigenvalue weighted by Crippen LogP contribution is -2.49. The molecule has 0 aliphatic carbocycles. The fraction of sp³-hybridized carbons (Fsp3) is 0.818. The molecule has 0 aromatic rings. The minimum absolute atomic E-state index is 0.000255. The normalized spacial score (nSPS) is 13.0. The number of nitrogens with zero attached hydrogens (tertiary/aromatic N) is 1. The smallest absolute Gasteiger partial charge is 0.236 e. The van der Waals surface area contributed by atoms with Crippen molar-refractivity contribution in [1.82, 2.24) is 4.90 Å². The summed E-state index contributed by atoms with van der Waals surface area (Å²) >= 11 is 0. The van der Waals surface area contributed by atoms with Crippen molar-refractivity contribution in [1.29, 1.82) is 0 Å². The first-order chi connectivity index (χ1) is 6.95. The zero-order chi connectivity index (χ0) is 12.0. The standard InChI is InChI=1S/C11H22N2O2/c1-8(2)10(5-6-14)13(9(3)4)11(15)7-12/h6,8-10H,5,7,12H2,1-4H3. The van der Waals surface area contributed by atoms with E-state index in [1.165, 1.54) is 0 Å². The van der Waals surface area contributed by atoms with E-state index in [1.807, 2.05) is 27.7 Å². The highest BCUT2D eigenvalue weighted by molar-refractivity contribution is 5.79. The molecule has 0 aromatic carbocycles. The number of hydrogen-bond acceptors (Lipinski definition) is 3. The molecule has 0 bridgehead atoms. The third-order valence-electron chi connectivity index (χ3n) is 2.48. The van der Waals surface area contributed by atoms with Gasteiger partial charge in [0.05, 0.1) is 6.54 Å². The molecule has 0 rings (SSSR count). The highest BCUT2D eigenvalue weighted by atomic mass is 16.2. The first kappa shape index (κ1) is 14.1. The van der Waals surface area contributed by atoms with E-state index in [0.29, 0.717) is 6.42 Å². The van der Waals surface area contributed by atoms with Gasteiger partial charge in [-0.1, -0.05) is 13.8 Å². The summed E-state index contributed by atoms with van der Waals surface area (Å²) in [6, 6.07) is 0.0342. The lowest BCUT2D eigenvalue weighted by molar-refractivity contribution is -0.135. The molecule has 0 fully saturated rings. The second-order valence-electron chi connectivity index (χ2n) is 4.31. The summed E-state index contributed by atoms with van der Waals surface area (Å²) in [5.41, 5.74) is 5.37. The third kappa shape index (κ3) is 4.00. The highest BCUT2D eigenvalue weighted by Crippen LogP contribution is 2.16. The number of carbonyl (C=O) groups is 2. The molecule has 4 nitrogen and oxygen atoms in total. The molecular weight excluding hydrogens is 192 g/mol. The largest absolute Gasteiger partial charge is 0.336 e. The Kier molecular flexibility index (Phi) is 6.17. The molecule has 0 saturated heterocycles. The molecule has 1 unspecified atom stereocenters. The summed E-state index contributed by atoms with van der Waals surface area (Å²) in [4.78, 5) is 24.0. The van der Waals surface area contributed by atoms with Crippen molar-refractivity contribution in [2.45, 2.75) is 46.2 Å². The molecule has 0 aromatic heterocycles. The molecule has 15 heavy (non-hydrogen) atoms. The molecular formula is C11H22N2O2. The van der Waals surface area contributed by atoms with Gasteiger partial charge in [-0.15, -0.1) is 0 Å². The van der Waals surface area contributed by atoms with Gasteiger partial charge in [-0.25, -0.2) is 0 Å². The van der Waals surface area contributed by atoms with E-state index >= 15 is 0 Å². The Balaban J connectivity index is 4.82. The van der Waals surface area contributed by atoms with Crippen LogP contribution in [-0.2, 0) is 9.59 Å². The zero-order valence-electron chi connectivity index (χ0n) is 10.1. The molecule has 0 heterocycles. The van der Waals surface area contributed by atoms with Gasteiger partial charge >= 0.3 is 0 Å². The maximum absolute atomic E-state index is 11.7. The SMILES string of the molecule is CC(C)C(CC=O)N(C(=O)CN)C(C)C. The molecule has 0 radical (unpaired) electrons. The van der Waals surface area contributed by atoms with E-state index in [9.17, 15) is 9.59 Å². The van der Waals surface area contributed by atoms with Gasteiger partial charge in [0.15, 0.2) is 0 Å². The van der Waals surface area contributed by atoms with Crippen LogP contribution in [0.15, 0.2) is 0 Å². The molecule has 0 aliphatic rings. The first-order valence-corrected chi connectivity index (χ1v) is 5.40. The van der Waals surface area contributed by atoms with E-state index in [4.69, 9.17) is 5.73 Å². The van der Waals surface area contributed by atoms with Crippen LogP contribution >= 0.6 is 0 Å². The second-order valence-corrected chi connectivity index (χ2v) is 4.31. The van der Waals surface area contributed by atoms with E-state index < -0.39 is 0 Å². The Labute approximate surface area is 91.8 Å². The lowest BCUT2D eigenvalue weighted by atomic mass is 9.98. The first-order valence-electron chi connectivity index (χ1n) is 5.40. The fourth-order valence-corrected chi connectivity index (χ4v) is 1.77. The van der Waals surface area contributed by atoms with E-state index in [1.54, 1.807) is 4.90 Å². The van der Waals surface area contributed by atoms with Crippen LogP contribution in [0.4, 0.5) is 0 Å². The minimum Gasteiger partial charge on any atom is -0.336 e. The van der Waals surface area contributed by atoms with Crippen molar-refractivity contribution in [3.8, 4) is 0 Å². The van der Waals surface area contributed by atoms with Crippen LogP contribution in [0, 0.1) is 5.92 Å². The molecule has 1 amide bonds. The van der Waals surface area contributed by atoms with Crippen molar-refractivity contribution in [3.05, 3.63) is 0 Å². The van der Waals surface area contributed by atoms with Crippen molar-refractivity contribution >= 4 is 12.2 Å². The van der Waals surface area contributed by atoms with Crippen LogP contribution in [0.3, 0.4) is 0 Å². The van der Waals surface area contributed by atoms with Crippen molar-refractivity contribution in [2.24, 2.45) is 11.7 Å². The molecule has 1 atom stereocenters. The number of nitrogens with two attached hydrogens (primary N) is 1. The maximum Gasteiger partial charge on any atom is 0.236 e. The summed E-state index contributed by atoms with van der Waals surface area (Å²) in [5.74, 6) is 0.165. The number of carbonyl (C=O) groups excluding carboxylic acids is 2.